The fourth-order valence-corrected chi connectivity index (χ4v) is 3.54. The summed E-state index contributed by atoms with van der Waals surface area (Å²) in [7, 11) is 1.40. The minimum Gasteiger partial charge on any atom is -0.488 e. The Labute approximate surface area is 159 Å². The van der Waals surface area contributed by atoms with Crippen molar-refractivity contribution in [3.63, 3.8) is 0 Å². The topological polar surface area (TPSA) is 48.0 Å². The molecule has 0 radical (unpaired) electrons. The molecule has 0 spiro atoms. The van der Waals surface area contributed by atoms with Crippen LogP contribution in [0, 0.1) is 0 Å². The molecule has 0 N–H and O–H groups in total. The van der Waals surface area contributed by atoms with Crippen molar-refractivity contribution in [2.45, 2.75) is 6.61 Å². The van der Waals surface area contributed by atoms with Crippen LogP contribution in [0.4, 0.5) is 0 Å². The van der Waals surface area contributed by atoms with E-state index in [9.17, 15) is 4.79 Å². The second kappa shape index (κ2) is 7.94. The Bertz CT molecular complexity index is 868. The summed E-state index contributed by atoms with van der Waals surface area (Å²) in [4.78, 5) is 14.4. The fraction of sp³-hybridized carbons (Fsp3) is 0.318. The molecule has 1 fully saturated rings. The quantitative estimate of drug-likeness (QED) is 0.782. The Morgan fingerprint density at radius 2 is 1.96 bits per heavy atom. The number of hydrogen-bond acceptors (Lipinski definition) is 5. The second-order valence-electron chi connectivity index (χ2n) is 6.68. The zero-order valence-corrected chi connectivity index (χ0v) is 15.4. The molecule has 1 saturated heterocycles. The highest BCUT2D eigenvalue weighted by Crippen LogP contribution is 2.37. The van der Waals surface area contributed by atoms with Gasteiger partial charge in [0.25, 0.3) is 0 Å². The molecule has 2 aromatic carbocycles. The molecule has 0 saturated carbocycles. The molecule has 140 valence electrons. The number of morpholine rings is 1. The molecule has 5 nitrogen and oxygen atoms in total. The number of fused-ring (bicyclic) bond motifs is 2. The molecule has 4 rings (SSSR count). The lowest BCUT2D eigenvalue weighted by atomic mass is 9.93. The highest BCUT2D eigenvalue weighted by molar-refractivity contribution is 5.93. The molecule has 2 heterocycles. The van der Waals surface area contributed by atoms with Gasteiger partial charge in [0.05, 0.1) is 25.9 Å². The van der Waals surface area contributed by atoms with Gasteiger partial charge < -0.3 is 14.2 Å². The van der Waals surface area contributed by atoms with Crippen LogP contribution >= 0.6 is 0 Å². The third-order valence-corrected chi connectivity index (χ3v) is 5.04. The smallest absolute Gasteiger partial charge is 0.337 e. The van der Waals surface area contributed by atoms with Crippen LogP contribution in [-0.2, 0) is 16.1 Å². The number of nitrogens with zero attached hydrogens (tertiary/aromatic N) is 1. The number of carbonyl (C=O) groups excluding carboxylic acids is 1. The monoisotopic (exact) mass is 365 g/mol. The molecule has 2 aliphatic rings. The van der Waals surface area contributed by atoms with Gasteiger partial charge in [-0.3, -0.25) is 4.90 Å². The molecule has 5 heteroatoms. The van der Waals surface area contributed by atoms with Gasteiger partial charge >= 0.3 is 5.97 Å². The van der Waals surface area contributed by atoms with Crippen LogP contribution in [0.15, 0.2) is 48.5 Å². The maximum Gasteiger partial charge on any atom is 0.337 e. The molecule has 0 amide bonds. The summed E-state index contributed by atoms with van der Waals surface area (Å²) in [5.41, 5.74) is 4.83. The number of ether oxygens (including phenoxy) is 3. The van der Waals surface area contributed by atoms with Gasteiger partial charge in [0, 0.05) is 25.2 Å². The van der Waals surface area contributed by atoms with Crippen LogP contribution in [0.2, 0.25) is 0 Å². The molecule has 0 atom stereocenters. The van der Waals surface area contributed by atoms with E-state index in [1.54, 1.807) is 6.07 Å². The first-order chi connectivity index (χ1) is 13.3. The van der Waals surface area contributed by atoms with Crippen LogP contribution in [0.1, 0.15) is 27.0 Å². The van der Waals surface area contributed by atoms with Crippen LogP contribution in [0.25, 0.3) is 5.57 Å². The second-order valence-corrected chi connectivity index (χ2v) is 6.68. The first-order valence-corrected chi connectivity index (χ1v) is 9.20. The van der Waals surface area contributed by atoms with Crippen LogP contribution in [0.3, 0.4) is 0 Å². The Kier molecular flexibility index (Phi) is 5.23. The van der Waals surface area contributed by atoms with E-state index < -0.39 is 0 Å². The van der Waals surface area contributed by atoms with E-state index in [4.69, 9.17) is 14.2 Å². The Hall–Kier alpha value is -2.63. The van der Waals surface area contributed by atoms with Crippen molar-refractivity contribution in [1.82, 2.24) is 4.90 Å². The Balaban J connectivity index is 1.78. The molecule has 0 aromatic heterocycles. The van der Waals surface area contributed by atoms with E-state index in [0.717, 1.165) is 60.9 Å². The summed E-state index contributed by atoms with van der Waals surface area (Å²) in [5.74, 6) is 0.440. The van der Waals surface area contributed by atoms with Crippen molar-refractivity contribution in [3.8, 4) is 5.75 Å². The van der Waals surface area contributed by atoms with Crippen LogP contribution in [0.5, 0.6) is 5.75 Å². The van der Waals surface area contributed by atoms with E-state index in [0.29, 0.717) is 12.2 Å². The molecular weight excluding hydrogens is 342 g/mol. The minimum atomic E-state index is -0.345. The standard InChI is InChI=1S/C22H23NO4/c1-25-22(24)16-6-7-21-20(14-16)19(8-9-23-10-12-26-13-11-23)18-5-3-2-4-17(18)15-27-21/h2-8,14H,9-13,15H2,1H3/b19-8-. The van der Waals surface area contributed by atoms with Crippen LogP contribution in [-0.4, -0.2) is 50.8 Å². The first kappa shape index (κ1) is 17.8. The summed E-state index contributed by atoms with van der Waals surface area (Å²) in [5, 5.41) is 0. The summed E-state index contributed by atoms with van der Waals surface area (Å²) in [6, 6.07) is 13.7. The average Bonchev–Trinajstić information content (AvgIpc) is 2.88. The Morgan fingerprint density at radius 3 is 2.78 bits per heavy atom. The van der Waals surface area contributed by atoms with E-state index in [-0.39, 0.29) is 5.97 Å². The van der Waals surface area contributed by atoms with Crippen molar-refractivity contribution < 1.29 is 19.0 Å². The van der Waals surface area contributed by atoms with E-state index in [1.807, 2.05) is 24.3 Å². The van der Waals surface area contributed by atoms with E-state index in [2.05, 4.69) is 23.1 Å². The van der Waals surface area contributed by atoms with Gasteiger partial charge in [-0.05, 0) is 34.9 Å². The predicted octanol–water partition coefficient (Wildman–Crippen LogP) is 3.13. The average molecular weight is 365 g/mol. The van der Waals surface area contributed by atoms with Gasteiger partial charge in [0.2, 0.25) is 0 Å². The maximum absolute atomic E-state index is 12.0. The minimum absolute atomic E-state index is 0.345. The van der Waals surface area contributed by atoms with Crippen molar-refractivity contribution in [3.05, 3.63) is 70.8 Å². The molecule has 0 bridgehead atoms. The largest absolute Gasteiger partial charge is 0.488 e. The fourth-order valence-electron chi connectivity index (χ4n) is 3.54. The SMILES string of the molecule is COC(=O)c1ccc2c(c1)/C(=C\CN1CCOCC1)c1ccccc1CO2. The number of benzene rings is 2. The number of methoxy groups -OCH3 is 1. The maximum atomic E-state index is 12.0. The van der Waals surface area contributed by atoms with Crippen LogP contribution < -0.4 is 4.74 Å². The highest BCUT2D eigenvalue weighted by Gasteiger charge is 2.21. The van der Waals surface area contributed by atoms with Gasteiger partial charge in [-0.15, -0.1) is 0 Å². The number of hydrogen-bond donors (Lipinski definition) is 0. The lowest BCUT2D eigenvalue weighted by Gasteiger charge is -2.25. The van der Waals surface area contributed by atoms with Gasteiger partial charge in [0.15, 0.2) is 0 Å². The number of rotatable bonds is 3. The third-order valence-electron chi connectivity index (χ3n) is 5.04. The lowest BCUT2D eigenvalue weighted by molar-refractivity contribution is 0.0435. The zero-order valence-electron chi connectivity index (χ0n) is 15.4. The van der Waals surface area contributed by atoms with Crippen molar-refractivity contribution in [1.29, 1.82) is 0 Å². The summed E-state index contributed by atoms with van der Waals surface area (Å²) < 4.78 is 16.4. The molecule has 0 unspecified atom stereocenters. The van der Waals surface area contributed by atoms with Gasteiger partial charge in [-0.1, -0.05) is 30.3 Å². The van der Waals surface area contributed by atoms with Crippen molar-refractivity contribution in [2.75, 3.05) is 40.0 Å². The van der Waals surface area contributed by atoms with E-state index in [1.165, 1.54) is 7.11 Å². The van der Waals surface area contributed by atoms with Gasteiger partial charge in [-0.25, -0.2) is 4.79 Å². The zero-order chi connectivity index (χ0) is 18.6. The van der Waals surface area contributed by atoms with Gasteiger partial charge in [0.1, 0.15) is 12.4 Å². The summed E-state index contributed by atoms with van der Waals surface area (Å²) in [6.45, 7) is 4.73. The number of esters is 1. The normalized spacial score (nSPS) is 18.2. The third kappa shape index (κ3) is 3.75. The van der Waals surface area contributed by atoms with Crippen molar-refractivity contribution >= 4 is 11.5 Å². The predicted molar refractivity (Wildman–Crippen MR) is 103 cm³/mol. The first-order valence-electron chi connectivity index (χ1n) is 9.20. The summed E-state index contributed by atoms with van der Waals surface area (Å²) in [6.07, 6.45) is 2.23. The van der Waals surface area contributed by atoms with Gasteiger partial charge in [-0.2, -0.15) is 0 Å². The number of carbonyl (C=O) groups is 1. The molecule has 0 aliphatic carbocycles. The van der Waals surface area contributed by atoms with E-state index >= 15 is 0 Å². The highest BCUT2D eigenvalue weighted by atomic mass is 16.5. The Morgan fingerprint density at radius 1 is 1.15 bits per heavy atom. The molecule has 2 aliphatic heterocycles. The molecule has 2 aromatic rings. The molecular formula is C22H23NO4. The lowest BCUT2D eigenvalue weighted by Crippen LogP contribution is -2.36. The van der Waals surface area contributed by atoms with Crippen molar-refractivity contribution in [2.24, 2.45) is 0 Å². The summed E-state index contributed by atoms with van der Waals surface area (Å²) >= 11 is 0. The molecule has 27 heavy (non-hydrogen) atoms.